The first-order valence-electron chi connectivity index (χ1n) is 6.88. The third kappa shape index (κ3) is 4.27. The van der Waals surface area contributed by atoms with Gasteiger partial charge >= 0.3 is 5.97 Å². The second kappa shape index (κ2) is 6.83. The van der Waals surface area contributed by atoms with Gasteiger partial charge in [-0.1, -0.05) is 19.1 Å². The topological polar surface area (TPSA) is 75.1 Å². The average molecular weight is 285 g/mol. The summed E-state index contributed by atoms with van der Waals surface area (Å²) in [5.41, 5.74) is 3.83. The van der Waals surface area contributed by atoms with E-state index in [9.17, 15) is 4.79 Å². The third-order valence-corrected chi connectivity index (χ3v) is 3.36. The van der Waals surface area contributed by atoms with Gasteiger partial charge in [-0.05, 0) is 31.0 Å². The maximum atomic E-state index is 10.8. The maximum absolute atomic E-state index is 10.8. The van der Waals surface area contributed by atoms with Crippen LogP contribution < -0.4 is 5.32 Å². The molecule has 0 radical (unpaired) electrons. The number of nitrogens with zero attached hydrogens (tertiary/aromatic N) is 2. The average Bonchev–Trinajstić information content (AvgIpc) is 2.48. The first kappa shape index (κ1) is 15.0. The molecule has 1 aromatic carbocycles. The normalized spacial score (nSPS) is 11.9. The molecule has 0 saturated carbocycles. The minimum Gasteiger partial charge on any atom is -0.481 e. The summed E-state index contributed by atoms with van der Waals surface area (Å²) < 4.78 is 0. The summed E-state index contributed by atoms with van der Waals surface area (Å²) in [6, 6.07) is 7.81. The Labute approximate surface area is 124 Å². The van der Waals surface area contributed by atoms with Crippen LogP contribution in [-0.2, 0) is 17.8 Å². The zero-order chi connectivity index (χ0) is 15.2. The fourth-order valence-electron chi connectivity index (χ4n) is 2.00. The lowest BCUT2D eigenvalue weighted by Crippen LogP contribution is -2.12. The van der Waals surface area contributed by atoms with Crippen LogP contribution in [0.5, 0.6) is 0 Å². The Kier molecular flexibility index (Phi) is 4.87. The number of carboxylic acid groups (broad SMARTS) is 1. The largest absolute Gasteiger partial charge is 0.481 e. The lowest BCUT2D eigenvalue weighted by atomic mass is 10.0. The molecule has 2 N–H and O–H groups in total. The van der Waals surface area contributed by atoms with Crippen molar-refractivity contribution < 1.29 is 9.90 Å². The molecule has 1 unspecified atom stereocenters. The summed E-state index contributed by atoms with van der Waals surface area (Å²) in [7, 11) is 0. The van der Waals surface area contributed by atoms with E-state index in [0.29, 0.717) is 13.0 Å². The number of aromatic nitrogens is 2. The van der Waals surface area contributed by atoms with Gasteiger partial charge in [-0.15, -0.1) is 0 Å². The van der Waals surface area contributed by atoms with E-state index in [2.05, 4.69) is 15.3 Å². The van der Waals surface area contributed by atoms with E-state index in [1.54, 1.807) is 19.3 Å². The van der Waals surface area contributed by atoms with Gasteiger partial charge in [0.25, 0.3) is 0 Å². The number of carboxylic acids is 1. The van der Waals surface area contributed by atoms with Gasteiger partial charge in [0, 0.05) is 18.1 Å². The van der Waals surface area contributed by atoms with Gasteiger partial charge in [0.05, 0.1) is 23.9 Å². The molecule has 0 aliphatic heterocycles. The number of rotatable bonds is 6. The van der Waals surface area contributed by atoms with Gasteiger partial charge in [0.2, 0.25) is 0 Å². The monoisotopic (exact) mass is 285 g/mol. The van der Waals surface area contributed by atoms with Gasteiger partial charge in [-0.3, -0.25) is 14.8 Å². The smallest absolute Gasteiger partial charge is 0.306 e. The van der Waals surface area contributed by atoms with Crippen molar-refractivity contribution in [2.45, 2.75) is 26.8 Å². The molecule has 0 bridgehead atoms. The molecule has 0 aliphatic carbocycles. The van der Waals surface area contributed by atoms with E-state index in [4.69, 9.17) is 5.11 Å². The summed E-state index contributed by atoms with van der Waals surface area (Å²) in [6.45, 7) is 4.26. The van der Waals surface area contributed by atoms with Crippen LogP contribution >= 0.6 is 0 Å². The van der Waals surface area contributed by atoms with Crippen molar-refractivity contribution in [3.63, 3.8) is 0 Å². The number of benzene rings is 1. The molecule has 0 amide bonds. The predicted octanol–water partition coefficient (Wildman–Crippen LogP) is 2.66. The molecule has 0 aliphatic rings. The van der Waals surface area contributed by atoms with E-state index in [-0.39, 0.29) is 5.92 Å². The van der Waals surface area contributed by atoms with E-state index in [1.807, 2.05) is 31.2 Å². The van der Waals surface area contributed by atoms with Crippen molar-refractivity contribution in [2.24, 2.45) is 5.92 Å². The Bertz CT molecular complexity index is 611. The maximum Gasteiger partial charge on any atom is 0.306 e. The van der Waals surface area contributed by atoms with Crippen molar-refractivity contribution in [3.8, 4) is 0 Å². The lowest BCUT2D eigenvalue weighted by Gasteiger charge is -2.09. The summed E-state index contributed by atoms with van der Waals surface area (Å²) in [4.78, 5) is 19.3. The van der Waals surface area contributed by atoms with E-state index in [1.165, 1.54) is 0 Å². The molecule has 21 heavy (non-hydrogen) atoms. The highest BCUT2D eigenvalue weighted by Crippen LogP contribution is 2.14. The molecule has 1 atom stereocenters. The van der Waals surface area contributed by atoms with Gasteiger partial charge in [0.15, 0.2) is 0 Å². The molecule has 1 aromatic heterocycles. The van der Waals surface area contributed by atoms with Gasteiger partial charge in [0.1, 0.15) is 0 Å². The fourth-order valence-corrected chi connectivity index (χ4v) is 2.00. The van der Waals surface area contributed by atoms with Crippen LogP contribution in [0.25, 0.3) is 0 Å². The standard InChI is InChI=1S/C16H19N3O2/c1-11(16(20)21)9-13-3-5-14(6-4-13)19-10-15-12(2)17-7-8-18-15/h3-8,11,19H,9-10H2,1-2H3,(H,20,21). The van der Waals surface area contributed by atoms with Crippen LogP contribution in [-0.4, -0.2) is 21.0 Å². The lowest BCUT2D eigenvalue weighted by molar-refractivity contribution is -0.141. The Morgan fingerprint density at radius 2 is 1.90 bits per heavy atom. The highest BCUT2D eigenvalue weighted by atomic mass is 16.4. The van der Waals surface area contributed by atoms with Gasteiger partial charge in [-0.25, -0.2) is 0 Å². The fraction of sp³-hybridized carbons (Fsp3) is 0.312. The second-order valence-electron chi connectivity index (χ2n) is 5.08. The number of hydrogen-bond acceptors (Lipinski definition) is 4. The first-order valence-corrected chi connectivity index (χ1v) is 6.88. The molecule has 110 valence electrons. The summed E-state index contributed by atoms with van der Waals surface area (Å²) in [5, 5.41) is 12.2. The number of carbonyl (C=O) groups is 1. The zero-order valence-corrected chi connectivity index (χ0v) is 12.2. The third-order valence-electron chi connectivity index (χ3n) is 3.36. The quantitative estimate of drug-likeness (QED) is 0.853. The molecule has 2 aromatic rings. The number of nitrogens with one attached hydrogen (secondary N) is 1. The molecule has 0 spiro atoms. The minimum absolute atomic E-state index is 0.369. The number of hydrogen-bond donors (Lipinski definition) is 2. The molecule has 2 rings (SSSR count). The van der Waals surface area contributed by atoms with Crippen molar-refractivity contribution in [1.29, 1.82) is 0 Å². The molecule has 1 heterocycles. The SMILES string of the molecule is Cc1nccnc1CNc1ccc(CC(C)C(=O)O)cc1. The van der Waals surface area contributed by atoms with Crippen LogP contribution in [0.1, 0.15) is 23.9 Å². The molecule has 0 fully saturated rings. The first-order chi connectivity index (χ1) is 10.1. The summed E-state index contributed by atoms with van der Waals surface area (Å²) in [5.74, 6) is -1.14. The van der Waals surface area contributed by atoms with Crippen molar-refractivity contribution >= 4 is 11.7 Å². The highest BCUT2D eigenvalue weighted by Gasteiger charge is 2.11. The molecule has 5 nitrogen and oxygen atoms in total. The molecular weight excluding hydrogens is 266 g/mol. The van der Waals surface area contributed by atoms with E-state index >= 15 is 0 Å². The van der Waals surface area contributed by atoms with Crippen molar-refractivity contribution in [1.82, 2.24) is 9.97 Å². The molecule has 0 saturated heterocycles. The van der Waals surface area contributed by atoms with Crippen LogP contribution in [0.3, 0.4) is 0 Å². The summed E-state index contributed by atoms with van der Waals surface area (Å²) in [6.07, 6.45) is 3.90. The Balaban J connectivity index is 1.94. The van der Waals surface area contributed by atoms with E-state index < -0.39 is 5.97 Å². The van der Waals surface area contributed by atoms with Crippen molar-refractivity contribution in [2.75, 3.05) is 5.32 Å². The van der Waals surface area contributed by atoms with Gasteiger partial charge in [-0.2, -0.15) is 0 Å². The number of aliphatic carboxylic acids is 1. The van der Waals surface area contributed by atoms with Crippen LogP contribution in [0.2, 0.25) is 0 Å². The number of aryl methyl sites for hydroxylation is 1. The predicted molar refractivity (Wildman–Crippen MR) is 81.0 cm³/mol. The van der Waals surface area contributed by atoms with Crippen molar-refractivity contribution in [3.05, 3.63) is 53.6 Å². The Hall–Kier alpha value is -2.43. The van der Waals surface area contributed by atoms with Gasteiger partial charge < -0.3 is 10.4 Å². The van der Waals surface area contributed by atoms with Crippen LogP contribution in [0, 0.1) is 12.8 Å². The highest BCUT2D eigenvalue weighted by molar-refractivity contribution is 5.69. The molecular formula is C16H19N3O2. The van der Waals surface area contributed by atoms with Crippen LogP contribution in [0.4, 0.5) is 5.69 Å². The molecule has 5 heteroatoms. The second-order valence-corrected chi connectivity index (χ2v) is 5.08. The zero-order valence-electron chi connectivity index (χ0n) is 12.2. The number of anilines is 1. The minimum atomic E-state index is -0.768. The van der Waals surface area contributed by atoms with Crippen LogP contribution in [0.15, 0.2) is 36.7 Å². The Morgan fingerprint density at radius 3 is 2.52 bits per heavy atom. The Morgan fingerprint density at radius 1 is 1.24 bits per heavy atom. The summed E-state index contributed by atoms with van der Waals surface area (Å²) >= 11 is 0. The van der Waals surface area contributed by atoms with E-state index in [0.717, 1.165) is 22.6 Å².